The molecule has 0 atom stereocenters. The molecule has 0 fully saturated rings. The first-order chi connectivity index (χ1) is 10.1. The summed E-state index contributed by atoms with van der Waals surface area (Å²) in [5.41, 5.74) is 2.35. The lowest BCUT2D eigenvalue weighted by atomic mass is 10.1. The van der Waals surface area contributed by atoms with Crippen molar-refractivity contribution in [3.05, 3.63) is 34.3 Å². The first kappa shape index (κ1) is 18.5. The van der Waals surface area contributed by atoms with Gasteiger partial charge in [-0.05, 0) is 30.2 Å². The second-order valence-electron chi connectivity index (χ2n) is 6.46. The summed E-state index contributed by atoms with van der Waals surface area (Å²) in [5, 5.41) is 13.6. The molecule has 1 rings (SSSR count). The van der Waals surface area contributed by atoms with Gasteiger partial charge in [-0.3, -0.25) is 0 Å². The van der Waals surface area contributed by atoms with Gasteiger partial charge in [-0.1, -0.05) is 42.5 Å². The Balaban J connectivity index is 2.87. The third kappa shape index (κ3) is 6.07. The minimum Gasteiger partial charge on any atom is -0.465 e. The van der Waals surface area contributed by atoms with Gasteiger partial charge in [0.25, 0.3) is 0 Å². The van der Waals surface area contributed by atoms with Crippen LogP contribution >= 0.6 is 11.6 Å². The number of benzene rings is 1. The topological polar surface area (TPSA) is 62.1 Å². The molecule has 0 saturated heterocycles. The first-order valence-corrected chi connectivity index (χ1v) is 11.1. The Morgan fingerprint density at radius 3 is 2.59 bits per heavy atom. The number of amides is 1. The van der Waals surface area contributed by atoms with E-state index in [0.717, 1.165) is 16.8 Å². The van der Waals surface area contributed by atoms with Crippen molar-refractivity contribution < 1.29 is 14.7 Å². The number of carbonyl (C=O) groups is 1. The number of hydrogen-bond acceptors (Lipinski definition) is 3. The summed E-state index contributed by atoms with van der Waals surface area (Å²) in [7, 11) is 0.202. The highest BCUT2D eigenvalue weighted by atomic mass is 35.5. The van der Waals surface area contributed by atoms with Gasteiger partial charge >= 0.3 is 6.09 Å². The number of halogens is 1. The SMILES string of the molecule is C/C(=N/OC[Si](C)(C)C)c1ccc(Cl)c(CN(C)C(=O)O)c1. The van der Waals surface area contributed by atoms with Gasteiger partial charge in [0.05, 0.1) is 20.3 Å². The van der Waals surface area contributed by atoms with Gasteiger partial charge in [-0.15, -0.1) is 0 Å². The molecule has 0 aliphatic rings. The van der Waals surface area contributed by atoms with Gasteiger partial charge in [0, 0.05) is 12.1 Å². The maximum absolute atomic E-state index is 10.9. The van der Waals surface area contributed by atoms with Gasteiger partial charge < -0.3 is 14.8 Å². The second kappa shape index (κ2) is 7.65. The van der Waals surface area contributed by atoms with Crippen molar-refractivity contribution in [3.63, 3.8) is 0 Å². The molecule has 0 unspecified atom stereocenters. The average molecular weight is 343 g/mol. The lowest BCUT2D eigenvalue weighted by molar-refractivity contribution is 0.154. The number of carboxylic acid groups (broad SMARTS) is 1. The summed E-state index contributed by atoms with van der Waals surface area (Å²) in [4.78, 5) is 17.5. The Bertz CT molecular complexity index is 570. The highest BCUT2D eigenvalue weighted by molar-refractivity contribution is 6.76. The highest BCUT2D eigenvalue weighted by Crippen LogP contribution is 2.20. The molecule has 22 heavy (non-hydrogen) atoms. The molecule has 0 saturated carbocycles. The van der Waals surface area contributed by atoms with Crippen molar-refractivity contribution in [2.24, 2.45) is 5.16 Å². The quantitative estimate of drug-likeness (QED) is 0.481. The number of oxime groups is 1. The van der Waals surface area contributed by atoms with E-state index in [1.165, 1.54) is 11.9 Å². The Morgan fingerprint density at radius 1 is 1.41 bits per heavy atom. The van der Waals surface area contributed by atoms with Crippen LogP contribution in [0.1, 0.15) is 18.1 Å². The van der Waals surface area contributed by atoms with E-state index in [9.17, 15) is 4.79 Å². The minimum atomic E-state index is -1.30. The molecule has 122 valence electrons. The molecule has 0 spiro atoms. The maximum Gasteiger partial charge on any atom is 0.407 e. The summed E-state index contributed by atoms with van der Waals surface area (Å²) >= 11 is 6.13. The predicted molar refractivity (Wildman–Crippen MR) is 92.5 cm³/mol. The van der Waals surface area contributed by atoms with E-state index in [4.69, 9.17) is 21.5 Å². The zero-order valence-corrected chi connectivity index (χ0v) is 15.4. The van der Waals surface area contributed by atoms with E-state index in [1.54, 1.807) is 6.07 Å². The predicted octanol–water partition coefficient (Wildman–Crippen LogP) is 4.07. The number of nitrogens with zero attached hydrogens (tertiary/aromatic N) is 2. The lowest BCUT2D eigenvalue weighted by Crippen LogP contribution is -2.27. The number of hydrogen-bond donors (Lipinski definition) is 1. The molecule has 0 aromatic heterocycles. The van der Waals surface area contributed by atoms with Crippen LogP contribution in [0.5, 0.6) is 0 Å². The minimum absolute atomic E-state index is 0.227. The molecular weight excluding hydrogens is 320 g/mol. The van der Waals surface area contributed by atoms with Gasteiger partial charge in [0.2, 0.25) is 0 Å². The van der Waals surface area contributed by atoms with E-state index in [-0.39, 0.29) is 6.54 Å². The van der Waals surface area contributed by atoms with E-state index in [1.807, 2.05) is 19.1 Å². The van der Waals surface area contributed by atoms with Crippen LogP contribution in [0.25, 0.3) is 0 Å². The van der Waals surface area contributed by atoms with Crippen LogP contribution in [-0.2, 0) is 11.4 Å². The van der Waals surface area contributed by atoms with Crippen LogP contribution in [-0.4, -0.2) is 43.2 Å². The van der Waals surface area contributed by atoms with Gasteiger partial charge in [0.15, 0.2) is 0 Å². The Morgan fingerprint density at radius 2 is 2.05 bits per heavy atom. The molecule has 0 aliphatic carbocycles. The molecule has 0 radical (unpaired) electrons. The normalized spacial score (nSPS) is 12.2. The van der Waals surface area contributed by atoms with Crippen molar-refractivity contribution in [1.29, 1.82) is 0 Å². The molecule has 0 bridgehead atoms. The second-order valence-corrected chi connectivity index (χ2v) is 12.3. The van der Waals surface area contributed by atoms with Crippen molar-refractivity contribution >= 4 is 31.5 Å². The summed E-state index contributed by atoms with van der Waals surface area (Å²) in [6.07, 6.45) is -0.336. The van der Waals surface area contributed by atoms with E-state index < -0.39 is 14.2 Å². The monoisotopic (exact) mass is 342 g/mol. The fraction of sp³-hybridized carbons (Fsp3) is 0.467. The molecule has 1 aromatic rings. The van der Waals surface area contributed by atoms with Crippen LogP contribution in [0.4, 0.5) is 4.79 Å². The summed E-state index contributed by atoms with van der Waals surface area (Å²) in [6.45, 7) is 8.71. The zero-order valence-electron chi connectivity index (χ0n) is 13.7. The molecule has 1 N–H and O–H groups in total. The third-order valence-electron chi connectivity index (χ3n) is 2.90. The standard InChI is InChI=1S/C15H23ClN2O3Si/c1-11(17-21-10-22(3,4)5)12-6-7-14(16)13(8-12)9-18(2)15(19)20/h6-8H,9-10H2,1-5H3,(H,19,20)/b17-11-. The van der Waals surface area contributed by atoms with E-state index >= 15 is 0 Å². The zero-order chi connectivity index (χ0) is 16.9. The Labute approximate surface area is 137 Å². The maximum atomic E-state index is 10.9. The van der Waals surface area contributed by atoms with Crippen LogP contribution in [0.3, 0.4) is 0 Å². The van der Waals surface area contributed by atoms with Crippen LogP contribution in [0.2, 0.25) is 24.7 Å². The third-order valence-corrected chi connectivity index (χ3v) is 4.26. The van der Waals surface area contributed by atoms with Crippen molar-refractivity contribution in [1.82, 2.24) is 4.90 Å². The van der Waals surface area contributed by atoms with Crippen molar-refractivity contribution in [2.75, 3.05) is 13.3 Å². The number of rotatable bonds is 6. The van der Waals surface area contributed by atoms with Gasteiger partial charge in [0.1, 0.15) is 6.23 Å². The Kier molecular flexibility index (Phi) is 6.43. The van der Waals surface area contributed by atoms with Crippen molar-refractivity contribution in [2.45, 2.75) is 33.1 Å². The summed E-state index contributed by atoms with van der Waals surface area (Å²) < 4.78 is 0. The molecular formula is C15H23ClN2O3Si. The van der Waals surface area contributed by atoms with Gasteiger partial charge in [-0.25, -0.2) is 4.79 Å². The summed E-state index contributed by atoms with van der Waals surface area (Å²) in [6, 6.07) is 5.45. The van der Waals surface area contributed by atoms with Crippen molar-refractivity contribution in [3.8, 4) is 0 Å². The molecule has 1 aromatic carbocycles. The summed E-state index contributed by atoms with van der Waals surface area (Å²) in [5.74, 6) is 0. The Hall–Kier alpha value is -1.53. The molecule has 5 nitrogen and oxygen atoms in total. The first-order valence-electron chi connectivity index (χ1n) is 6.99. The molecule has 0 heterocycles. The largest absolute Gasteiger partial charge is 0.465 e. The molecule has 0 aliphatic heterocycles. The van der Waals surface area contributed by atoms with Crippen LogP contribution in [0, 0.1) is 0 Å². The smallest absolute Gasteiger partial charge is 0.407 e. The van der Waals surface area contributed by atoms with Crippen LogP contribution < -0.4 is 0 Å². The fourth-order valence-corrected chi connectivity index (χ4v) is 2.25. The van der Waals surface area contributed by atoms with Gasteiger partial charge in [-0.2, -0.15) is 0 Å². The van der Waals surface area contributed by atoms with E-state index in [2.05, 4.69) is 24.8 Å². The van der Waals surface area contributed by atoms with E-state index in [0.29, 0.717) is 11.3 Å². The average Bonchev–Trinajstić information content (AvgIpc) is 2.39. The molecule has 7 heteroatoms. The lowest BCUT2D eigenvalue weighted by Gasteiger charge is -2.15. The highest BCUT2D eigenvalue weighted by Gasteiger charge is 2.14. The molecule has 1 amide bonds. The van der Waals surface area contributed by atoms with Crippen LogP contribution in [0.15, 0.2) is 23.4 Å². The fourth-order valence-electron chi connectivity index (χ4n) is 1.62.